The Hall–Kier alpha value is -2.57. The molecule has 3 N–H and O–H groups in total. The molecule has 4 rings (SSSR count). The van der Waals surface area contributed by atoms with Crippen LogP contribution in [0.25, 0.3) is 6.08 Å². The second-order valence-corrected chi connectivity index (χ2v) is 9.81. The summed E-state index contributed by atoms with van der Waals surface area (Å²) in [6.45, 7) is 1.75. The Kier molecular flexibility index (Phi) is 7.66. The van der Waals surface area contributed by atoms with Crippen molar-refractivity contribution in [2.24, 2.45) is 0 Å². The van der Waals surface area contributed by atoms with E-state index in [2.05, 4.69) is 17.7 Å². The smallest absolute Gasteiger partial charge is 0.262 e. The monoisotopic (exact) mass is 450 g/mol. The quantitative estimate of drug-likeness (QED) is 0.445. The number of amides is 2. The average Bonchev–Trinajstić information content (AvgIpc) is 2.83. The molecule has 1 heterocycles. The molecule has 1 fully saturated rings. The largest absolute Gasteiger partial charge is 0.352 e. The highest BCUT2D eigenvalue weighted by Crippen LogP contribution is 2.39. The van der Waals surface area contributed by atoms with Crippen molar-refractivity contribution in [3.05, 3.63) is 64.6 Å². The minimum Gasteiger partial charge on any atom is -0.352 e. The molecule has 1 unspecified atom stereocenters. The van der Waals surface area contributed by atoms with E-state index in [4.69, 9.17) is 0 Å². The summed E-state index contributed by atoms with van der Waals surface area (Å²) in [5.74, 6) is -0.231. The molecular weight excluding hydrogens is 418 g/mol. The normalized spacial score (nSPS) is 18.7. The molecule has 2 aliphatic rings. The van der Waals surface area contributed by atoms with Crippen molar-refractivity contribution in [3.8, 4) is 0 Å². The fourth-order valence-corrected chi connectivity index (χ4v) is 5.40. The average molecular weight is 451 g/mol. The number of hydrogen-bond acceptors (Lipinski definition) is 3. The molecule has 0 saturated heterocycles. The third kappa shape index (κ3) is 5.81. The van der Waals surface area contributed by atoms with Crippen LogP contribution in [0.15, 0.2) is 58.3 Å². The van der Waals surface area contributed by atoms with Gasteiger partial charge in [-0.15, -0.1) is 0 Å². The van der Waals surface area contributed by atoms with Gasteiger partial charge >= 0.3 is 0 Å². The summed E-state index contributed by atoms with van der Waals surface area (Å²) in [6, 6.07) is 16.1. The van der Waals surface area contributed by atoms with Crippen LogP contribution in [-0.4, -0.2) is 38.0 Å². The lowest BCUT2D eigenvalue weighted by atomic mass is 9.94. The van der Waals surface area contributed by atoms with E-state index in [0.717, 1.165) is 29.5 Å². The maximum atomic E-state index is 12.6. The number of rotatable bonds is 7. The molecule has 0 aromatic heterocycles. The SMILES string of the molecule is C[NH+](CCCNC(=O)c1ccc2c(c1)NC(=O)C(=Cc1ccccc1)S2)C1CCCCC1. The van der Waals surface area contributed by atoms with Crippen molar-refractivity contribution >= 4 is 35.3 Å². The maximum Gasteiger partial charge on any atom is 0.262 e. The predicted molar refractivity (Wildman–Crippen MR) is 131 cm³/mol. The summed E-state index contributed by atoms with van der Waals surface area (Å²) in [4.78, 5) is 28.3. The Morgan fingerprint density at radius 3 is 2.72 bits per heavy atom. The minimum atomic E-state index is -0.141. The molecule has 32 heavy (non-hydrogen) atoms. The van der Waals surface area contributed by atoms with E-state index in [0.29, 0.717) is 22.7 Å². The van der Waals surface area contributed by atoms with Gasteiger partial charge in [0.1, 0.15) is 0 Å². The molecule has 1 saturated carbocycles. The number of benzene rings is 2. The van der Waals surface area contributed by atoms with Gasteiger partial charge in [0.05, 0.1) is 30.2 Å². The molecule has 2 amide bonds. The van der Waals surface area contributed by atoms with Gasteiger partial charge in [-0.05, 0) is 55.5 Å². The van der Waals surface area contributed by atoms with Crippen LogP contribution in [0.2, 0.25) is 0 Å². The first-order valence-electron chi connectivity index (χ1n) is 11.6. The lowest BCUT2D eigenvalue weighted by molar-refractivity contribution is -0.907. The number of hydrogen-bond donors (Lipinski definition) is 3. The molecule has 5 nitrogen and oxygen atoms in total. The third-order valence-corrected chi connectivity index (χ3v) is 7.47. The van der Waals surface area contributed by atoms with E-state index < -0.39 is 0 Å². The lowest BCUT2D eigenvalue weighted by Crippen LogP contribution is -3.13. The van der Waals surface area contributed by atoms with Gasteiger partial charge in [-0.3, -0.25) is 9.59 Å². The van der Waals surface area contributed by atoms with Gasteiger partial charge in [-0.1, -0.05) is 48.5 Å². The first-order chi connectivity index (χ1) is 15.6. The van der Waals surface area contributed by atoms with Gasteiger partial charge in [0.2, 0.25) is 0 Å². The van der Waals surface area contributed by atoms with Crippen LogP contribution in [0.3, 0.4) is 0 Å². The third-order valence-electron chi connectivity index (χ3n) is 6.37. The van der Waals surface area contributed by atoms with Crippen molar-refractivity contribution in [3.63, 3.8) is 0 Å². The van der Waals surface area contributed by atoms with Crippen molar-refractivity contribution in [1.29, 1.82) is 0 Å². The van der Waals surface area contributed by atoms with Crippen LogP contribution in [0.5, 0.6) is 0 Å². The zero-order valence-corrected chi connectivity index (χ0v) is 19.5. The molecule has 6 heteroatoms. The first kappa shape index (κ1) is 22.6. The second-order valence-electron chi connectivity index (χ2n) is 8.73. The van der Waals surface area contributed by atoms with Gasteiger partial charge in [-0.2, -0.15) is 0 Å². The Morgan fingerprint density at radius 2 is 1.94 bits per heavy atom. The number of nitrogens with one attached hydrogen (secondary N) is 3. The number of thioether (sulfide) groups is 1. The highest BCUT2D eigenvalue weighted by Gasteiger charge is 2.23. The Balaban J connectivity index is 1.30. The maximum absolute atomic E-state index is 12.6. The summed E-state index contributed by atoms with van der Waals surface area (Å²) in [7, 11) is 2.28. The molecule has 1 atom stereocenters. The van der Waals surface area contributed by atoms with Gasteiger partial charge in [0.25, 0.3) is 11.8 Å². The van der Waals surface area contributed by atoms with Crippen LogP contribution in [0, 0.1) is 0 Å². The molecular formula is C26H32N3O2S+. The van der Waals surface area contributed by atoms with Crippen LogP contribution in [-0.2, 0) is 4.79 Å². The van der Waals surface area contributed by atoms with E-state index in [1.54, 1.807) is 11.0 Å². The number of carbonyl (C=O) groups is 2. The Morgan fingerprint density at radius 1 is 1.16 bits per heavy atom. The number of carbonyl (C=O) groups excluding carboxylic acids is 2. The summed E-state index contributed by atoms with van der Waals surface area (Å²) in [5, 5.41) is 5.97. The van der Waals surface area contributed by atoms with Gasteiger partial charge < -0.3 is 15.5 Å². The van der Waals surface area contributed by atoms with Crippen molar-refractivity contribution in [2.75, 3.05) is 25.5 Å². The van der Waals surface area contributed by atoms with Crippen molar-refractivity contribution < 1.29 is 14.5 Å². The van der Waals surface area contributed by atoms with E-state index >= 15 is 0 Å². The molecule has 0 radical (unpaired) electrons. The van der Waals surface area contributed by atoms with Crippen LogP contribution in [0.4, 0.5) is 5.69 Å². The van der Waals surface area contributed by atoms with Crippen LogP contribution in [0.1, 0.15) is 54.4 Å². The summed E-state index contributed by atoms with van der Waals surface area (Å²) in [5.41, 5.74) is 2.26. The van der Waals surface area contributed by atoms with Crippen molar-refractivity contribution in [2.45, 2.75) is 49.5 Å². The zero-order chi connectivity index (χ0) is 22.3. The topological polar surface area (TPSA) is 62.6 Å². The zero-order valence-electron chi connectivity index (χ0n) is 18.7. The number of quaternary nitrogens is 1. The second kappa shape index (κ2) is 10.8. The predicted octanol–water partition coefficient (Wildman–Crippen LogP) is 3.74. The molecule has 0 spiro atoms. The number of fused-ring (bicyclic) bond motifs is 1. The highest BCUT2D eigenvalue weighted by molar-refractivity contribution is 8.04. The van der Waals surface area contributed by atoms with Crippen LogP contribution < -0.4 is 15.5 Å². The number of anilines is 1. The molecule has 2 aromatic rings. The van der Waals surface area contributed by atoms with E-state index in [1.807, 2.05) is 48.5 Å². The van der Waals surface area contributed by atoms with Crippen molar-refractivity contribution in [1.82, 2.24) is 5.32 Å². The summed E-state index contributed by atoms with van der Waals surface area (Å²) >= 11 is 1.43. The standard InChI is InChI=1S/C26H31N3O2S/c1-29(21-11-6-3-7-12-21)16-8-15-27-25(30)20-13-14-23-22(18-20)28-26(31)24(32-23)17-19-9-4-2-5-10-19/h2,4-5,9-10,13-14,17-18,21H,3,6-8,11-12,15-16H2,1H3,(H,27,30)(H,28,31)/p+1. The molecule has 0 bridgehead atoms. The Labute approximate surface area is 194 Å². The fourth-order valence-electron chi connectivity index (χ4n) is 4.47. The van der Waals surface area contributed by atoms with E-state index in [1.165, 1.54) is 43.9 Å². The van der Waals surface area contributed by atoms with Crippen LogP contribution >= 0.6 is 11.8 Å². The molecule has 168 valence electrons. The fraction of sp³-hybridized carbons (Fsp3) is 0.385. The molecule has 1 aliphatic heterocycles. The van der Waals surface area contributed by atoms with E-state index in [-0.39, 0.29) is 11.8 Å². The van der Waals surface area contributed by atoms with Gasteiger partial charge in [0, 0.05) is 23.4 Å². The summed E-state index contributed by atoms with van der Waals surface area (Å²) < 4.78 is 0. The highest BCUT2D eigenvalue weighted by atomic mass is 32.2. The summed E-state index contributed by atoms with van der Waals surface area (Å²) in [6.07, 6.45) is 9.61. The van der Waals surface area contributed by atoms with Gasteiger partial charge in [-0.25, -0.2) is 0 Å². The molecule has 1 aliphatic carbocycles. The van der Waals surface area contributed by atoms with Gasteiger partial charge in [0.15, 0.2) is 0 Å². The minimum absolute atomic E-state index is 0.0898. The molecule has 2 aromatic carbocycles. The van der Waals surface area contributed by atoms with E-state index in [9.17, 15) is 9.59 Å². The Bertz CT molecular complexity index is 984. The first-order valence-corrected chi connectivity index (χ1v) is 12.4. The lowest BCUT2D eigenvalue weighted by Gasteiger charge is -2.28.